The third-order valence-corrected chi connectivity index (χ3v) is 4.13. The minimum atomic E-state index is 0.176. The quantitative estimate of drug-likeness (QED) is 0.764. The molecular formula is C11H11NOS2. The summed E-state index contributed by atoms with van der Waals surface area (Å²) in [5, 5.41) is 2.79. The summed E-state index contributed by atoms with van der Waals surface area (Å²) in [5.74, 6) is 0.176. The van der Waals surface area contributed by atoms with Crippen molar-refractivity contribution in [1.29, 1.82) is 0 Å². The predicted octanol–water partition coefficient (Wildman–Crippen LogP) is 3.19. The molecule has 0 unspecified atom stereocenters. The SMILES string of the molecule is CCc1ccc(C(=O)Cc2nccs2)s1. The van der Waals surface area contributed by atoms with Crippen molar-refractivity contribution in [3.8, 4) is 0 Å². The number of hydrogen-bond acceptors (Lipinski definition) is 4. The Balaban J connectivity index is 2.08. The highest BCUT2D eigenvalue weighted by atomic mass is 32.1. The Morgan fingerprint density at radius 1 is 1.47 bits per heavy atom. The monoisotopic (exact) mass is 237 g/mol. The fourth-order valence-electron chi connectivity index (χ4n) is 1.28. The average molecular weight is 237 g/mol. The van der Waals surface area contributed by atoms with Crippen LogP contribution in [-0.2, 0) is 12.8 Å². The number of Topliss-reactive ketones (excluding diaryl/α,β-unsaturated/α-hetero) is 1. The summed E-state index contributed by atoms with van der Waals surface area (Å²) in [6.07, 6.45) is 3.16. The van der Waals surface area contributed by atoms with Gasteiger partial charge in [-0.2, -0.15) is 0 Å². The normalized spacial score (nSPS) is 10.5. The van der Waals surface area contributed by atoms with Crippen molar-refractivity contribution in [3.05, 3.63) is 38.5 Å². The number of thiophene rings is 1. The Morgan fingerprint density at radius 3 is 2.93 bits per heavy atom. The first-order valence-electron chi connectivity index (χ1n) is 4.80. The summed E-state index contributed by atoms with van der Waals surface area (Å²) >= 11 is 3.12. The first kappa shape index (κ1) is 10.5. The molecule has 0 atom stereocenters. The molecule has 0 N–H and O–H groups in total. The third-order valence-electron chi connectivity index (χ3n) is 2.08. The number of aryl methyl sites for hydroxylation is 1. The molecule has 0 radical (unpaired) electrons. The molecule has 0 aromatic carbocycles. The van der Waals surface area contributed by atoms with E-state index in [9.17, 15) is 4.79 Å². The van der Waals surface area contributed by atoms with Crippen molar-refractivity contribution in [3.63, 3.8) is 0 Å². The molecular weight excluding hydrogens is 226 g/mol. The first-order valence-corrected chi connectivity index (χ1v) is 6.49. The average Bonchev–Trinajstić information content (AvgIpc) is 2.86. The van der Waals surface area contributed by atoms with Gasteiger partial charge in [0.1, 0.15) is 5.01 Å². The largest absolute Gasteiger partial charge is 0.293 e. The number of rotatable bonds is 4. The number of ketones is 1. The Labute approximate surface area is 96.6 Å². The number of carbonyl (C=O) groups excluding carboxylic acids is 1. The van der Waals surface area contributed by atoms with E-state index in [0.29, 0.717) is 6.42 Å². The second-order valence-corrected chi connectivity index (χ2v) is 5.29. The Morgan fingerprint density at radius 2 is 2.33 bits per heavy atom. The van der Waals surface area contributed by atoms with Gasteiger partial charge in [-0.3, -0.25) is 4.79 Å². The van der Waals surface area contributed by atoms with E-state index in [4.69, 9.17) is 0 Å². The molecule has 78 valence electrons. The smallest absolute Gasteiger partial charge is 0.179 e. The van der Waals surface area contributed by atoms with Crippen LogP contribution in [0.1, 0.15) is 26.5 Å². The highest BCUT2D eigenvalue weighted by Crippen LogP contribution is 2.19. The van der Waals surface area contributed by atoms with Gasteiger partial charge in [-0.25, -0.2) is 4.98 Å². The van der Waals surface area contributed by atoms with Crippen molar-refractivity contribution < 1.29 is 4.79 Å². The summed E-state index contributed by atoms with van der Waals surface area (Å²) in [6, 6.07) is 3.94. The topological polar surface area (TPSA) is 30.0 Å². The van der Waals surface area contributed by atoms with Gasteiger partial charge in [0.15, 0.2) is 5.78 Å². The lowest BCUT2D eigenvalue weighted by molar-refractivity contribution is 0.0997. The van der Waals surface area contributed by atoms with Crippen LogP contribution in [0.15, 0.2) is 23.7 Å². The van der Waals surface area contributed by atoms with Crippen LogP contribution in [0.2, 0.25) is 0 Å². The molecule has 0 spiro atoms. The molecule has 0 bridgehead atoms. The van der Waals surface area contributed by atoms with Crippen LogP contribution >= 0.6 is 22.7 Å². The Hall–Kier alpha value is -1.00. The van der Waals surface area contributed by atoms with Crippen molar-refractivity contribution in [2.45, 2.75) is 19.8 Å². The zero-order valence-corrected chi connectivity index (χ0v) is 10.0. The van der Waals surface area contributed by atoms with Gasteiger partial charge in [0.25, 0.3) is 0 Å². The van der Waals surface area contributed by atoms with Crippen molar-refractivity contribution in [1.82, 2.24) is 4.98 Å². The van der Waals surface area contributed by atoms with Crippen LogP contribution in [0.25, 0.3) is 0 Å². The fourth-order valence-corrected chi connectivity index (χ4v) is 2.78. The number of thiazole rings is 1. The zero-order chi connectivity index (χ0) is 10.7. The van der Waals surface area contributed by atoms with Gasteiger partial charge >= 0.3 is 0 Å². The number of hydrogen-bond donors (Lipinski definition) is 0. The van der Waals surface area contributed by atoms with E-state index in [0.717, 1.165) is 16.3 Å². The molecule has 0 fully saturated rings. The minimum Gasteiger partial charge on any atom is -0.293 e. The standard InChI is InChI=1S/C11H11NOS2/c1-2-8-3-4-10(15-8)9(13)7-11-12-5-6-14-11/h3-6H,2,7H2,1H3. The van der Waals surface area contributed by atoms with Crippen LogP contribution < -0.4 is 0 Å². The maximum absolute atomic E-state index is 11.8. The maximum Gasteiger partial charge on any atom is 0.179 e. The highest BCUT2D eigenvalue weighted by Gasteiger charge is 2.10. The molecule has 2 heterocycles. The molecule has 0 saturated heterocycles. The van der Waals surface area contributed by atoms with E-state index in [2.05, 4.69) is 11.9 Å². The lowest BCUT2D eigenvalue weighted by Crippen LogP contribution is -2.00. The maximum atomic E-state index is 11.8. The molecule has 15 heavy (non-hydrogen) atoms. The van der Waals surface area contributed by atoms with Crippen LogP contribution in [0.5, 0.6) is 0 Å². The summed E-state index contributed by atoms with van der Waals surface area (Å²) < 4.78 is 0. The zero-order valence-electron chi connectivity index (χ0n) is 8.40. The molecule has 0 amide bonds. The van der Waals surface area contributed by atoms with Gasteiger partial charge in [0.2, 0.25) is 0 Å². The molecule has 4 heteroatoms. The summed E-state index contributed by atoms with van der Waals surface area (Å²) in [5.41, 5.74) is 0. The van der Waals surface area contributed by atoms with E-state index in [1.807, 2.05) is 17.5 Å². The minimum absolute atomic E-state index is 0.176. The molecule has 2 aromatic rings. The molecule has 0 aliphatic rings. The van der Waals surface area contributed by atoms with Crippen molar-refractivity contribution >= 4 is 28.5 Å². The lowest BCUT2D eigenvalue weighted by Gasteiger charge is -1.93. The second-order valence-electron chi connectivity index (χ2n) is 3.15. The van der Waals surface area contributed by atoms with Gasteiger partial charge in [0, 0.05) is 16.5 Å². The molecule has 0 saturated carbocycles. The Bertz CT molecular complexity index is 445. The molecule has 2 nitrogen and oxygen atoms in total. The van der Waals surface area contributed by atoms with Crippen LogP contribution in [0, 0.1) is 0 Å². The molecule has 0 aliphatic carbocycles. The second kappa shape index (κ2) is 4.68. The Kier molecular flexibility index (Phi) is 3.28. The van der Waals surface area contributed by atoms with Crippen molar-refractivity contribution in [2.75, 3.05) is 0 Å². The number of aromatic nitrogens is 1. The molecule has 2 aromatic heterocycles. The van der Waals surface area contributed by atoms with Crippen LogP contribution in [0.3, 0.4) is 0 Å². The van der Waals surface area contributed by atoms with Gasteiger partial charge in [-0.05, 0) is 18.6 Å². The van der Waals surface area contributed by atoms with E-state index >= 15 is 0 Å². The predicted molar refractivity (Wildman–Crippen MR) is 63.8 cm³/mol. The number of carbonyl (C=O) groups is 1. The third kappa shape index (κ3) is 2.52. The summed E-state index contributed by atoms with van der Waals surface area (Å²) in [6.45, 7) is 2.10. The van der Waals surface area contributed by atoms with Gasteiger partial charge in [-0.1, -0.05) is 6.92 Å². The van der Waals surface area contributed by atoms with E-state index in [-0.39, 0.29) is 5.78 Å². The fraction of sp³-hybridized carbons (Fsp3) is 0.273. The molecule has 2 rings (SSSR count). The van der Waals surface area contributed by atoms with E-state index in [1.54, 1.807) is 17.5 Å². The van der Waals surface area contributed by atoms with Crippen molar-refractivity contribution in [2.24, 2.45) is 0 Å². The molecule has 0 aliphatic heterocycles. The van der Waals surface area contributed by atoms with Gasteiger partial charge in [0.05, 0.1) is 11.3 Å². The summed E-state index contributed by atoms with van der Waals surface area (Å²) in [4.78, 5) is 18.0. The lowest BCUT2D eigenvalue weighted by atomic mass is 10.2. The van der Waals surface area contributed by atoms with E-state index in [1.165, 1.54) is 16.2 Å². The first-order chi connectivity index (χ1) is 7.29. The number of nitrogens with zero attached hydrogens (tertiary/aromatic N) is 1. The van der Waals surface area contributed by atoms with Gasteiger partial charge in [-0.15, -0.1) is 22.7 Å². The summed E-state index contributed by atoms with van der Waals surface area (Å²) in [7, 11) is 0. The van der Waals surface area contributed by atoms with Crippen LogP contribution in [-0.4, -0.2) is 10.8 Å². The van der Waals surface area contributed by atoms with Crippen LogP contribution in [0.4, 0.5) is 0 Å². The van der Waals surface area contributed by atoms with Gasteiger partial charge < -0.3 is 0 Å². The highest BCUT2D eigenvalue weighted by molar-refractivity contribution is 7.14. The van der Waals surface area contributed by atoms with E-state index < -0.39 is 0 Å².